The lowest BCUT2D eigenvalue weighted by atomic mass is 9.66. The van der Waals surface area contributed by atoms with E-state index in [1.54, 1.807) is 6.08 Å². The van der Waals surface area contributed by atoms with Crippen LogP contribution in [-0.2, 0) is 9.59 Å². The molecule has 0 aliphatic heterocycles. The summed E-state index contributed by atoms with van der Waals surface area (Å²) in [5.74, 6) is 4.40. The lowest BCUT2D eigenvalue weighted by Gasteiger charge is -2.40. The highest BCUT2D eigenvalue weighted by molar-refractivity contribution is 5.93. The highest BCUT2D eigenvalue weighted by Gasteiger charge is 2.66. The minimum atomic E-state index is -0.593. The summed E-state index contributed by atoms with van der Waals surface area (Å²) in [4.78, 5) is 22.4. The monoisotopic (exact) mass is 698 g/mol. The summed E-state index contributed by atoms with van der Waals surface area (Å²) in [5, 5.41) is 14.3. The summed E-state index contributed by atoms with van der Waals surface area (Å²) < 4.78 is 0. The van der Waals surface area contributed by atoms with Gasteiger partial charge in [-0.05, 0) is 111 Å². The van der Waals surface area contributed by atoms with E-state index in [2.05, 4.69) is 66.9 Å². The van der Waals surface area contributed by atoms with E-state index < -0.39 is 5.60 Å². The topological polar surface area (TPSA) is 66.4 Å². The number of fused-ring (bicyclic) bond motifs is 1. The summed E-state index contributed by atoms with van der Waals surface area (Å²) in [6, 6.07) is 0. The van der Waals surface area contributed by atoms with Crippen LogP contribution in [0.3, 0.4) is 0 Å². The van der Waals surface area contributed by atoms with E-state index in [0.29, 0.717) is 36.1 Å². The van der Waals surface area contributed by atoms with E-state index in [0.717, 1.165) is 74.6 Å². The van der Waals surface area contributed by atoms with E-state index in [4.69, 9.17) is 6.58 Å². The van der Waals surface area contributed by atoms with Crippen molar-refractivity contribution in [2.24, 2.45) is 52.3 Å². The van der Waals surface area contributed by atoms with Gasteiger partial charge < -0.3 is 15.2 Å². The summed E-state index contributed by atoms with van der Waals surface area (Å²) in [7, 11) is 0. The molecule has 0 aromatic rings. The minimum Gasteiger partial charge on any atom is -0.390 e. The Morgan fingerprint density at radius 3 is 2.10 bits per heavy atom. The largest absolute Gasteiger partial charge is 0.390 e. The van der Waals surface area contributed by atoms with Gasteiger partial charge in [0.25, 0.3) is 0 Å². The van der Waals surface area contributed by atoms with Crippen LogP contribution < -0.4 is 5.32 Å². The van der Waals surface area contributed by atoms with Gasteiger partial charge in [-0.1, -0.05) is 138 Å². The fourth-order valence-electron chi connectivity index (χ4n) is 9.44. The molecule has 0 saturated heterocycles. The Balaban J connectivity index is 0.00000110. The smallest absolute Gasteiger partial charge is 0.247 e. The molecule has 2 N–H and O–H groups in total. The van der Waals surface area contributed by atoms with E-state index >= 15 is 0 Å². The number of allylic oxidation sites excluding steroid dienone is 1. The third-order valence-electron chi connectivity index (χ3n) is 12.1. The van der Waals surface area contributed by atoms with Crippen molar-refractivity contribution < 1.29 is 14.7 Å². The number of hydrogen-bond acceptors (Lipinski definition) is 3. The van der Waals surface area contributed by atoms with Crippen LogP contribution >= 0.6 is 0 Å². The maximum atomic E-state index is 12.5. The molecular weight excluding hydrogens is 615 g/mol. The van der Waals surface area contributed by atoms with Gasteiger partial charge in [-0.15, -0.1) is 6.58 Å². The molecule has 3 aliphatic carbocycles. The quantitative estimate of drug-likeness (QED) is 0.0611. The summed E-state index contributed by atoms with van der Waals surface area (Å²) >= 11 is 0. The molecular formula is C46H83NO3. The van der Waals surface area contributed by atoms with Crippen LogP contribution in [0.5, 0.6) is 0 Å². The molecule has 0 heterocycles. The van der Waals surface area contributed by atoms with Crippen LogP contribution in [0.4, 0.5) is 0 Å². The van der Waals surface area contributed by atoms with E-state index in [9.17, 15) is 14.7 Å². The molecule has 3 rings (SSSR count). The van der Waals surface area contributed by atoms with Gasteiger partial charge in [0.05, 0.1) is 5.60 Å². The van der Waals surface area contributed by atoms with Gasteiger partial charge in [-0.25, -0.2) is 0 Å². The molecule has 0 aromatic heterocycles. The van der Waals surface area contributed by atoms with Crippen LogP contribution in [-0.4, -0.2) is 29.4 Å². The van der Waals surface area contributed by atoms with Crippen LogP contribution in [0.2, 0.25) is 0 Å². The number of hydrogen-bond donors (Lipinski definition) is 2. The zero-order valence-electron chi connectivity index (χ0n) is 34.8. The summed E-state index contributed by atoms with van der Waals surface area (Å²) in [5.41, 5.74) is 2.30. The maximum absolute atomic E-state index is 12.5. The van der Waals surface area contributed by atoms with Crippen LogP contribution in [0, 0.1) is 52.3 Å². The Bertz CT molecular complexity index is 1030. The zero-order valence-corrected chi connectivity index (χ0v) is 34.8. The van der Waals surface area contributed by atoms with Crippen molar-refractivity contribution in [2.45, 2.75) is 184 Å². The van der Waals surface area contributed by atoms with Gasteiger partial charge in [0, 0.05) is 18.5 Å². The molecule has 50 heavy (non-hydrogen) atoms. The highest BCUT2D eigenvalue weighted by Crippen LogP contribution is 2.73. The van der Waals surface area contributed by atoms with Crippen LogP contribution in [0.15, 0.2) is 37.0 Å². The third kappa shape index (κ3) is 15.1. The van der Waals surface area contributed by atoms with Crippen LogP contribution in [0.1, 0.15) is 178 Å². The van der Waals surface area contributed by atoms with E-state index in [1.807, 2.05) is 20.8 Å². The first-order valence-electron chi connectivity index (χ1n) is 20.9. The van der Waals surface area contributed by atoms with Crippen molar-refractivity contribution in [2.75, 3.05) is 6.54 Å². The number of unbranched alkanes of at least 4 members (excludes halogenated alkanes) is 1. The molecule has 1 amide bonds. The number of aldehydes is 1. The van der Waals surface area contributed by atoms with Crippen molar-refractivity contribution in [3.8, 4) is 0 Å². The second kappa shape index (κ2) is 22.4. The zero-order chi connectivity index (χ0) is 38.1. The van der Waals surface area contributed by atoms with Gasteiger partial charge in [-0.3, -0.25) is 4.79 Å². The second-order valence-electron chi connectivity index (χ2n) is 18.4. The lowest BCUT2D eigenvalue weighted by molar-refractivity contribution is -0.117. The Morgan fingerprint density at radius 1 is 0.980 bits per heavy atom. The average Bonchev–Trinajstić information content (AvgIpc) is 3.36. The Kier molecular flexibility index (Phi) is 20.8. The highest BCUT2D eigenvalue weighted by atomic mass is 16.3. The fraction of sp³-hybridized carbons (Fsp3) is 0.826. The molecule has 0 bridgehead atoms. The van der Waals surface area contributed by atoms with Crippen molar-refractivity contribution in [3.63, 3.8) is 0 Å². The number of aliphatic hydroxyl groups is 1. The van der Waals surface area contributed by atoms with Crippen LogP contribution in [0.25, 0.3) is 0 Å². The normalized spacial score (nSPS) is 24.9. The molecule has 290 valence electrons. The maximum Gasteiger partial charge on any atom is 0.247 e. The molecule has 0 radical (unpaired) electrons. The second-order valence-corrected chi connectivity index (χ2v) is 18.4. The number of amides is 1. The molecule has 3 aliphatic rings. The molecule has 4 nitrogen and oxygen atoms in total. The standard InChI is InChI=1S/C37H63NO2.C6H12O.C3H8/c1-9-17-28(26(4)35(39)38-23-11-3)18-15-16-21-30-31(24-33-34(30)36(33,6)7)27(5)32(25-37(8,40)22-10-2)29-19-13-12-14-20-29;1-6(2,3)4-5-7;1-3-2/h11,28-34,40H,3-5,9-10,12-25H2,1-2,6-8H3,(H,38,39);5H,4H2,1-3H3;3H2,1-2H3. The SMILES string of the molecule is C=CCNC(=O)C(=C)C(CCC)CCCCC1C(C(=C)C(CC(C)(O)CCC)C2CCCCC2)CC2C1C2(C)C.CC(C)(C)CC=O.CCC. The molecule has 4 heteroatoms. The first kappa shape index (κ1) is 46.3. The lowest BCUT2D eigenvalue weighted by Crippen LogP contribution is -2.35. The fourth-order valence-corrected chi connectivity index (χ4v) is 9.44. The van der Waals surface area contributed by atoms with Crippen molar-refractivity contribution in [3.05, 3.63) is 37.0 Å². The van der Waals surface area contributed by atoms with Crippen molar-refractivity contribution in [1.29, 1.82) is 0 Å². The van der Waals surface area contributed by atoms with E-state index in [1.165, 1.54) is 63.4 Å². The molecule has 7 unspecified atom stereocenters. The summed E-state index contributed by atoms with van der Waals surface area (Å²) in [6.07, 6.45) is 22.2. The minimum absolute atomic E-state index is 0.0132. The van der Waals surface area contributed by atoms with Crippen molar-refractivity contribution >= 4 is 12.2 Å². The van der Waals surface area contributed by atoms with Gasteiger partial charge in [0.15, 0.2) is 0 Å². The third-order valence-corrected chi connectivity index (χ3v) is 12.1. The first-order chi connectivity index (χ1) is 23.5. The van der Waals surface area contributed by atoms with E-state index in [-0.39, 0.29) is 17.2 Å². The molecule has 3 fully saturated rings. The first-order valence-corrected chi connectivity index (χ1v) is 20.9. The number of carbonyl (C=O) groups is 2. The molecule has 0 spiro atoms. The number of carbonyl (C=O) groups excluding carboxylic acids is 2. The predicted octanol–water partition coefficient (Wildman–Crippen LogP) is 12.5. The van der Waals surface area contributed by atoms with Gasteiger partial charge >= 0.3 is 0 Å². The number of rotatable bonds is 19. The number of nitrogens with one attached hydrogen (secondary N) is 1. The Hall–Kier alpha value is -1.68. The molecule has 0 aromatic carbocycles. The van der Waals surface area contributed by atoms with Crippen molar-refractivity contribution in [1.82, 2.24) is 5.32 Å². The Morgan fingerprint density at radius 2 is 1.60 bits per heavy atom. The average molecular weight is 698 g/mol. The van der Waals surface area contributed by atoms with Gasteiger partial charge in [-0.2, -0.15) is 0 Å². The molecule has 7 atom stereocenters. The molecule has 3 saturated carbocycles. The Labute approximate surface area is 311 Å². The van der Waals surface area contributed by atoms with Gasteiger partial charge in [0.1, 0.15) is 6.29 Å². The predicted molar refractivity (Wildman–Crippen MR) is 217 cm³/mol. The summed E-state index contributed by atoms with van der Waals surface area (Å²) in [6.45, 7) is 35.1. The van der Waals surface area contributed by atoms with Gasteiger partial charge in [0.2, 0.25) is 5.91 Å².